The second-order valence-corrected chi connectivity index (χ2v) is 5.75. The van der Waals surface area contributed by atoms with Gasteiger partial charge >= 0.3 is 5.69 Å². The second kappa shape index (κ2) is 7.53. The molecule has 0 saturated heterocycles. The van der Waals surface area contributed by atoms with E-state index in [1.165, 1.54) is 5.56 Å². The molecule has 1 amide bonds. The van der Waals surface area contributed by atoms with Gasteiger partial charge in [0.2, 0.25) is 11.8 Å². The zero-order valence-corrected chi connectivity index (χ0v) is 13.6. The summed E-state index contributed by atoms with van der Waals surface area (Å²) < 4.78 is 0. The predicted molar refractivity (Wildman–Crippen MR) is 95.4 cm³/mol. The van der Waals surface area contributed by atoms with Gasteiger partial charge in [0.15, 0.2) is 0 Å². The lowest BCUT2D eigenvalue weighted by Gasteiger charge is -2.06. The third-order valence-corrected chi connectivity index (χ3v) is 3.92. The van der Waals surface area contributed by atoms with Crippen LogP contribution in [-0.4, -0.2) is 27.5 Å². The third-order valence-electron chi connectivity index (χ3n) is 3.92. The van der Waals surface area contributed by atoms with Crippen LogP contribution in [0.15, 0.2) is 59.4 Å². The van der Waals surface area contributed by atoms with Gasteiger partial charge in [-0.25, -0.2) is 4.79 Å². The van der Waals surface area contributed by atoms with Crippen molar-refractivity contribution in [3.8, 4) is 17.0 Å². The first-order valence-corrected chi connectivity index (χ1v) is 8.03. The molecule has 128 valence electrons. The lowest BCUT2D eigenvalue weighted by molar-refractivity contribution is -0.120. The molecule has 0 radical (unpaired) electrons. The molecule has 1 aromatic heterocycles. The molecule has 2 aromatic carbocycles. The lowest BCUT2D eigenvalue weighted by atomic mass is 10.0. The van der Waals surface area contributed by atoms with Gasteiger partial charge in [-0.15, -0.1) is 0 Å². The molecule has 3 aromatic rings. The van der Waals surface area contributed by atoms with Gasteiger partial charge in [-0.1, -0.05) is 54.6 Å². The summed E-state index contributed by atoms with van der Waals surface area (Å²) in [4.78, 5) is 27.4. The number of aromatic nitrogens is 2. The molecule has 0 aliphatic carbocycles. The van der Waals surface area contributed by atoms with Crippen molar-refractivity contribution in [1.82, 2.24) is 15.3 Å². The molecule has 0 atom stereocenters. The Morgan fingerprint density at radius 3 is 2.28 bits per heavy atom. The number of amides is 1. The van der Waals surface area contributed by atoms with E-state index < -0.39 is 5.69 Å². The summed E-state index contributed by atoms with van der Waals surface area (Å²) in [7, 11) is 0. The average molecular weight is 337 g/mol. The van der Waals surface area contributed by atoms with E-state index in [2.05, 4.69) is 39.6 Å². The molecule has 1 heterocycles. The zero-order chi connectivity index (χ0) is 17.6. The lowest BCUT2D eigenvalue weighted by Crippen LogP contribution is -2.27. The van der Waals surface area contributed by atoms with E-state index in [0.717, 1.165) is 11.1 Å². The standard InChI is InChI=1S/C19H19N3O3/c23-17(12-16-18(24)22-19(25)21-16)20-11-10-13-6-8-15(9-7-13)14-4-2-1-3-5-14/h1-9,24H,10-12H2,(H,20,23)(H2,21,22,25). The van der Waals surface area contributed by atoms with Gasteiger partial charge in [0.05, 0.1) is 12.1 Å². The van der Waals surface area contributed by atoms with Crippen LogP contribution in [0.2, 0.25) is 0 Å². The Balaban J connectivity index is 1.49. The van der Waals surface area contributed by atoms with E-state index in [1.54, 1.807) is 0 Å². The molecule has 0 fully saturated rings. The van der Waals surface area contributed by atoms with E-state index in [1.807, 2.05) is 30.3 Å². The molecule has 0 bridgehead atoms. The minimum atomic E-state index is -0.529. The number of aromatic hydroxyl groups is 1. The van der Waals surface area contributed by atoms with Gasteiger partial charge in [-0.2, -0.15) is 0 Å². The number of hydrogen-bond acceptors (Lipinski definition) is 3. The summed E-state index contributed by atoms with van der Waals surface area (Å²) in [5.41, 5.74) is 3.11. The average Bonchev–Trinajstić information content (AvgIpc) is 2.93. The second-order valence-electron chi connectivity index (χ2n) is 5.75. The van der Waals surface area contributed by atoms with Crippen molar-refractivity contribution in [2.75, 3.05) is 6.54 Å². The number of carbonyl (C=O) groups excluding carboxylic acids is 1. The first-order chi connectivity index (χ1) is 12.1. The largest absolute Gasteiger partial charge is 0.493 e. The van der Waals surface area contributed by atoms with Gasteiger partial charge in [0.25, 0.3) is 0 Å². The van der Waals surface area contributed by atoms with Gasteiger partial charge in [-0.05, 0) is 23.1 Å². The zero-order valence-electron chi connectivity index (χ0n) is 13.6. The minimum absolute atomic E-state index is 0.0719. The highest BCUT2D eigenvalue weighted by atomic mass is 16.3. The van der Waals surface area contributed by atoms with Crippen molar-refractivity contribution in [3.63, 3.8) is 0 Å². The number of H-pyrrole nitrogens is 2. The van der Waals surface area contributed by atoms with E-state index in [4.69, 9.17) is 0 Å². The van der Waals surface area contributed by atoms with Crippen LogP contribution in [0.5, 0.6) is 5.88 Å². The summed E-state index contributed by atoms with van der Waals surface area (Å²) in [6.07, 6.45) is 0.633. The molecule has 0 unspecified atom stereocenters. The summed E-state index contributed by atoms with van der Waals surface area (Å²) in [5, 5.41) is 12.2. The predicted octanol–water partition coefficient (Wildman–Crippen LogP) is 1.98. The van der Waals surface area contributed by atoms with Crippen LogP contribution in [0, 0.1) is 0 Å². The number of rotatable bonds is 6. The van der Waals surface area contributed by atoms with Crippen LogP contribution in [0.25, 0.3) is 11.1 Å². The van der Waals surface area contributed by atoms with Crippen LogP contribution >= 0.6 is 0 Å². The molecule has 6 nitrogen and oxygen atoms in total. The fourth-order valence-electron chi connectivity index (χ4n) is 2.60. The molecule has 0 saturated carbocycles. The third kappa shape index (κ3) is 4.38. The maximum absolute atomic E-state index is 11.8. The number of nitrogens with one attached hydrogen (secondary N) is 3. The Labute approximate surface area is 144 Å². The topological polar surface area (TPSA) is 98.0 Å². The maximum Gasteiger partial charge on any atom is 0.325 e. The number of aromatic amines is 2. The normalized spacial score (nSPS) is 10.6. The fraction of sp³-hybridized carbons (Fsp3) is 0.158. The quantitative estimate of drug-likeness (QED) is 0.553. The van der Waals surface area contributed by atoms with Gasteiger partial charge in [0, 0.05) is 6.54 Å². The van der Waals surface area contributed by atoms with Crippen LogP contribution in [-0.2, 0) is 17.6 Å². The summed E-state index contributed by atoms with van der Waals surface area (Å²) >= 11 is 0. The smallest absolute Gasteiger partial charge is 0.325 e. The fourth-order valence-corrected chi connectivity index (χ4v) is 2.60. The highest BCUT2D eigenvalue weighted by molar-refractivity contribution is 5.78. The van der Waals surface area contributed by atoms with Crippen molar-refractivity contribution in [2.24, 2.45) is 0 Å². The Morgan fingerprint density at radius 2 is 1.64 bits per heavy atom. The summed E-state index contributed by atoms with van der Waals surface area (Å²) in [5.74, 6) is -0.553. The molecule has 6 heteroatoms. The van der Waals surface area contributed by atoms with Crippen LogP contribution in [0.4, 0.5) is 0 Å². The van der Waals surface area contributed by atoms with E-state index >= 15 is 0 Å². The molecule has 0 spiro atoms. The van der Waals surface area contributed by atoms with Crippen molar-refractivity contribution in [3.05, 3.63) is 76.3 Å². The van der Waals surface area contributed by atoms with Crippen molar-refractivity contribution >= 4 is 5.91 Å². The Morgan fingerprint density at radius 1 is 0.960 bits per heavy atom. The maximum atomic E-state index is 11.8. The van der Waals surface area contributed by atoms with Gasteiger partial charge < -0.3 is 15.4 Å². The first kappa shape index (κ1) is 16.6. The molecular weight excluding hydrogens is 318 g/mol. The van der Waals surface area contributed by atoms with Crippen LogP contribution in [0.1, 0.15) is 11.3 Å². The minimum Gasteiger partial charge on any atom is -0.493 e. The SMILES string of the molecule is O=C(Cc1[nH]c(=O)[nH]c1O)NCCc1ccc(-c2ccccc2)cc1. The molecule has 4 N–H and O–H groups in total. The number of hydrogen-bond donors (Lipinski definition) is 4. The molecule has 0 aliphatic heterocycles. The molecule has 3 rings (SSSR count). The summed E-state index contributed by atoms with van der Waals surface area (Å²) in [6, 6.07) is 18.4. The van der Waals surface area contributed by atoms with E-state index in [0.29, 0.717) is 13.0 Å². The highest BCUT2D eigenvalue weighted by Crippen LogP contribution is 2.19. The Kier molecular flexibility index (Phi) is 4.99. The van der Waals surface area contributed by atoms with Crippen LogP contribution in [0.3, 0.4) is 0 Å². The first-order valence-electron chi connectivity index (χ1n) is 8.03. The number of carbonyl (C=O) groups is 1. The molecular formula is C19H19N3O3. The van der Waals surface area contributed by atoms with Crippen molar-refractivity contribution in [2.45, 2.75) is 12.8 Å². The van der Waals surface area contributed by atoms with E-state index in [9.17, 15) is 14.7 Å². The molecule has 25 heavy (non-hydrogen) atoms. The number of benzene rings is 2. The van der Waals surface area contributed by atoms with E-state index in [-0.39, 0.29) is 23.9 Å². The number of imidazole rings is 1. The monoisotopic (exact) mass is 337 g/mol. The highest BCUT2D eigenvalue weighted by Gasteiger charge is 2.10. The Bertz CT molecular complexity index is 896. The molecule has 0 aliphatic rings. The van der Waals surface area contributed by atoms with Crippen molar-refractivity contribution in [1.29, 1.82) is 0 Å². The Hall–Kier alpha value is -3.28. The van der Waals surface area contributed by atoms with Crippen molar-refractivity contribution < 1.29 is 9.90 Å². The van der Waals surface area contributed by atoms with Gasteiger partial charge in [-0.3, -0.25) is 9.78 Å². The van der Waals surface area contributed by atoms with Gasteiger partial charge in [0.1, 0.15) is 0 Å². The van der Waals surface area contributed by atoms with Crippen LogP contribution < -0.4 is 11.0 Å². The summed E-state index contributed by atoms with van der Waals surface area (Å²) in [6.45, 7) is 0.485.